The number of hydrogen-bond acceptors (Lipinski definition) is 6. The van der Waals surface area contributed by atoms with Gasteiger partial charge in [0.15, 0.2) is 5.78 Å². The van der Waals surface area contributed by atoms with Crippen molar-refractivity contribution in [2.24, 2.45) is 0 Å². The molecule has 6 heteroatoms. The van der Waals surface area contributed by atoms with Crippen LogP contribution >= 0.6 is 0 Å². The van der Waals surface area contributed by atoms with Gasteiger partial charge in [0.25, 0.3) is 0 Å². The van der Waals surface area contributed by atoms with E-state index in [0.29, 0.717) is 36.4 Å². The van der Waals surface area contributed by atoms with E-state index >= 15 is 0 Å². The van der Waals surface area contributed by atoms with Crippen molar-refractivity contribution < 1.29 is 19.1 Å². The van der Waals surface area contributed by atoms with Crippen LogP contribution in [-0.4, -0.2) is 44.1 Å². The molecule has 1 heterocycles. The summed E-state index contributed by atoms with van der Waals surface area (Å²) >= 11 is 0. The summed E-state index contributed by atoms with van der Waals surface area (Å²) in [5.41, 5.74) is 4.59. The fourth-order valence-corrected chi connectivity index (χ4v) is 4.76. The number of benzene rings is 4. The highest BCUT2D eigenvalue weighted by atomic mass is 16.5. The molecule has 0 fully saturated rings. The van der Waals surface area contributed by atoms with Crippen molar-refractivity contribution in [3.63, 3.8) is 0 Å². The van der Waals surface area contributed by atoms with Crippen LogP contribution in [0.2, 0.25) is 0 Å². The van der Waals surface area contributed by atoms with Gasteiger partial charge in [0.2, 0.25) is 0 Å². The zero-order valence-electron chi connectivity index (χ0n) is 23.0. The van der Waals surface area contributed by atoms with Gasteiger partial charge in [-0.25, -0.2) is 4.79 Å². The third-order valence-corrected chi connectivity index (χ3v) is 6.83. The number of hydrogen-bond donors (Lipinski definition) is 1. The van der Waals surface area contributed by atoms with Crippen molar-refractivity contribution >= 4 is 23.1 Å². The van der Waals surface area contributed by atoms with Gasteiger partial charge in [-0.3, -0.25) is 4.79 Å². The number of carbonyl (C=O) groups excluding carboxylic acids is 2. The Balaban J connectivity index is 1.28. The first-order chi connectivity index (χ1) is 20.1. The van der Waals surface area contributed by atoms with E-state index in [-0.39, 0.29) is 18.4 Å². The number of nitrogens with zero attached hydrogens (tertiary/aromatic N) is 1. The van der Waals surface area contributed by atoms with E-state index in [9.17, 15) is 9.59 Å². The normalized spacial score (nSPS) is 12.7. The molecule has 0 spiro atoms. The van der Waals surface area contributed by atoms with E-state index in [1.54, 1.807) is 25.1 Å². The summed E-state index contributed by atoms with van der Waals surface area (Å²) in [6.45, 7) is 4.10. The molecule has 0 unspecified atom stereocenters. The lowest BCUT2D eigenvalue weighted by molar-refractivity contribution is -0.144. The SMILES string of the molecule is CCOC(=O)[C@H](Cc1ccc(C#CCN2CCOc3ccccc32)cc1)Nc1ccccc1C(=O)c1ccccc1. The smallest absolute Gasteiger partial charge is 0.328 e. The number of esters is 1. The Hall–Kier alpha value is -5.02. The van der Waals surface area contributed by atoms with Crippen LogP contribution in [0.1, 0.15) is 34.0 Å². The van der Waals surface area contributed by atoms with Crippen molar-refractivity contribution in [1.82, 2.24) is 0 Å². The highest BCUT2D eigenvalue weighted by molar-refractivity contribution is 6.12. The van der Waals surface area contributed by atoms with E-state index < -0.39 is 6.04 Å². The Labute approximate surface area is 240 Å². The van der Waals surface area contributed by atoms with Crippen LogP contribution in [0.25, 0.3) is 0 Å². The predicted octanol–water partition coefficient (Wildman–Crippen LogP) is 5.75. The fourth-order valence-electron chi connectivity index (χ4n) is 4.76. The van der Waals surface area contributed by atoms with Gasteiger partial charge in [-0.2, -0.15) is 0 Å². The van der Waals surface area contributed by atoms with Gasteiger partial charge < -0.3 is 19.7 Å². The minimum atomic E-state index is -0.669. The van der Waals surface area contributed by atoms with Gasteiger partial charge >= 0.3 is 5.97 Å². The number of nitrogens with one attached hydrogen (secondary N) is 1. The summed E-state index contributed by atoms with van der Waals surface area (Å²) in [6.07, 6.45) is 0.394. The number of anilines is 2. The number of ether oxygens (including phenoxy) is 2. The Morgan fingerprint density at radius 1 is 0.927 bits per heavy atom. The van der Waals surface area contributed by atoms with Crippen LogP contribution in [0.3, 0.4) is 0 Å². The molecule has 41 heavy (non-hydrogen) atoms. The molecular weight excluding hydrogens is 512 g/mol. The van der Waals surface area contributed by atoms with Gasteiger partial charge in [0, 0.05) is 28.8 Å². The van der Waals surface area contributed by atoms with Crippen molar-refractivity contribution in [3.05, 3.63) is 125 Å². The third kappa shape index (κ3) is 6.95. The Bertz CT molecular complexity index is 1550. The first-order valence-electron chi connectivity index (χ1n) is 13.8. The minimum absolute atomic E-state index is 0.111. The lowest BCUT2D eigenvalue weighted by atomic mass is 10.00. The average molecular weight is 545 g/mol. The second-order valence-corrected chi connectivity index (χ2v) is 9.63. The van der Waals surface area contributed by atoms with Crippen molar-refractivity contribution in [2.45, 2.75) is 19.4 Å². The largest absolute Gasteiger partial charge is 0.490 e. The van der Waals surface area contributed by atoms with Crippen molar-refractivity contribution in [3.8, 4) is 17.6 Å². The van der Waals surface area contributed by atoms with Crippen molar-refractivity contribution in [1.29, 1.82) is 0 Å². The van der Waals surface area contributed by atoms with Gasteiger partial charge in [-0.05, 0) is 48.9 Å². The summed E-state index contributed by atoms with van der Waals surface area (Å²) in [4.78, 5) is 28.4. The highest BCUT2D eigenvalue weighted by Crippen LogP contribution is 2.30. The second kappa shape index (κ2) is 13.4. The van der Waals surface area contributed by atoms with E-state index in [4.69, 9.17) is 9.47 Å². The van der Waals surface area contributed by atoms with Gasteiger partial charge in [0.1, 0.15) is 18.4 Å². The molecule has 1 aliphatic heterocycles. The molecule has 0 aliphatic carbocycles. The highest BCUT2D eigenvalue weighted by Gasteiger charge is 2.23. The molecule has 1 atom stereocenters. The van der Waals surface area contributed by atoms with Crippen LogP contribution < -0.4 is 15.0 Å². The molecule has 1 N–H and O–H groups in total. The molecule has 5 rings (SSSR count). The quantitative estimate of drug-likeness (QED) is 0.164. The molecule has 0 saturated heterocycles. The summed E-state index contributed by atoms with van der Waals surface area (Å²) in [7, 11) is 0. The minimum Gasteiger partial charge on any atom is -0.490 e. The van der Waals surface area contributed by atoms with Gasteiger partial charge in [-0.15, -0.1) is 0 Å². The first kappa shape index (κ1) is 27.5. The number of para-hydroxylation sites is 3. The number of ketones is 1. The predicted molar refractivity (Wildman–Crippen MR) is 162 cm³/mol. The molecule has 6 nitrogen and oxygen atoms in total. The third-order valence-electron chi connectivity index (χ3n) is 6.83. The van der Waals surface area contributed by atoms with E-state index in [1.807, 2.05) is 78.9 Å². The average Bonchev–Trinajstić information content (AvgIpc) is 3.02. The molecular formula is C35H32N2O4. The second-order valence-electron chi connectivity index (χ2n) is 9.63. The monoisotopic (exact) mass is 544 g/mol. The molecule has 206 valence electrons. The molecule has 0 radical (unpaired) electrons. The zero-order chi connectivity index (χ0) is 28.4. The summed E-state index contributed by atoms with van der Waals surface area (Å²) in [5, 5.41) is 3.29. The molecule has 0 amide bonds. The summed E-state index contributed by atoms with van der Waals surface area (Å²) in [6, 6.07) is 31.6. The Morgan fingerprint density at radius 3 is 2.46 bits per heavy atom. The number of fused-ring (bicyclic) bond motifs is 1. The molecule has 0 saturated carbocycles. The Morgan fingerprint density at radius 2 is 1.66 bits per heavy atom. The standard InChI is InChI=1S/C35H32N2O4/c1-2-40-35(39)31(36-30-15-7-6-14-29(30)34(38)28-12-4-3-5-13-28)25-27-20-18-26(19-21-27)11-10-22-37-23-24-41-33-17-9-8-16-32(33)37/h3-9,12-21,31,36H,2,22-25H2,1H3/t31-/m0/s1. The van der Waals surface area contributed by atoms with Crippen LogP contribution in [0, 0.1) is 11.8 Å². The molecule has 0 aromatic heterocycles. The molecule has 1 aliphatic rings. The van der Waals surface area contributed by atoms with Gasteiger partial charge in [-0.1, -0.05) is 78.6 Å². The van der Waals surface area contributed by atoms with E-state index in [1.165, 1.54) is 0 Å². The maximum Gasteiger partial charge on any atom is 0.328 e. The first-order valence-corrected chi connectivity index (χ1v) is 13.8. The zero-order valence-corrected chi connectivity index (χ0v) is 23.0. The van der Waals surface area contributed by atoms with Crippen LogP contribution in [0.15, 0.2) is 103 Å². The molecule has 4 aromatic carbocycles. The van der Waals surface area contributed by atoms with Crippen molar-refractivity contribution in [2.75, 3.05) is 36.5 Å². The molecule has 4 aromatic rings. The summed E-state index contributed by atoms with van der Waals surface area (Å²) < 4.78 is 11.1. The topological polar surface area (TPSA) is 67.9 Å². The van der Waals surface area contributed by atoms with Crippen LogP contribution in [0.5, 0.6) is 5.75 Å². The maximum absolute atomic E-state index is 13.2. The van der Waals surface area contributed by atoms with Crippen LogP contribution in [-0.2, 0) is 16.0 Å². The number of carbonyl (C=O) groups is 2. The van der Waals surface area contributed by atoms with Gasteiger partial charge in [0.05, 0.1) is 25.4 Å². The summed E-state index contributed by atoms with van der Waals surface area (Å²) in [5.74, 6) is 6.92. The number of rotatable bonds is 9. The fraction of sp³-hybridized carbons (Fsp3) is 0.200. The lowest BCUT2D eigenvalue weighted by Gasteiger charge is -2.29. The van der Waals surface area contributed by atoms with E-state index in [0.717, 1.165) is 29.1 Å². The Kier molecular flexibility index (Phi) is 8.98. The molecule has 0 bridgehead atoms. The van der Waals surface area contributed by atoms with E-state index in [2.05, 4.69) is 28.1 Å². The lowest BCUT2D eigenvalue weighted by Crippen LogP contribution is -2.34. The maximum atomic E-state index is 13.2. The van der Waals surface area contributed by atoms with Crippen LogP contribution in [0.4, 0.5) is 11.4 Å².